The molecule has 5 heteroatoms. The van der Waals surface area contributed by atoms with Gasteiger partial charge in [0.1, 0.15) is 6.10 Å². The topological polar surface area (TPSA) is 90.7 Å². The fourth-order valence-corrected chi connectivity index (χ4v) is 0.539. The third-order valence-corrected chi connectivity index (χ3v) is 1.00. The molecule has 1 unspecified atom stereocenters. The minimum Gasteiger partial charge on any atom is -0.370 e. The summed E-state index contributed by atoms with van der Waals surface area (Å²) in [7, 11) is 0. The number of rotatable bonds is 3. The lowest BCUT2D eigenvalue weighted by atomic mass is 10.4. The van der Waals surface area contributed by atoms with Gasteiger partial charge in [0.05, 0.1) is 0 Å². The van der Waals surface area contributed by atoms with E-state index in [0.717, 1.165) is 0 Å². The molecule has 0 aromatic rings. The van der Waals surface area contributed by atoms with Crippen LogP contribution in [0.4, 0.5) is 0 Å². The van der Waals surface area contributed by atoms with Crippen molar-refractivity contribution in [1.82, 2.24) is 0 Å². The molecule has 1 atom stereocenters. The predicted octanol–water partition coefficient (Wildman–Crippen LogP) is -0.789. The van der Waals surface area contributed by atoms with Gasteiger partial charge in [-0.1, -0.05) is 0 Å². The second kappa shape index (κ2) is 4.68. The Labute approximate surface area is 65.4 Å². The average Bonchev–Trinajstić information content (AvgIpc) is 1.86. The summed E-state index contributed by atoms with van der Waals surface area (Å²) < 4.78 is 4.94. The lowest BCUT2D eigenvalue weighted by Crippen LogP contribution is -2.28. The van der Waals surface area contributed by atoms with Gasteiger partial charge >= 0.3 is 0 Å². The van der Waals surface area contributed by atoms with E-state index in [1.807, 2.05) is 0 Å². The molecule has 0 aliphatic carbocycles. The zero-order valence-corrected chi connectivity index (χ0v) is 6.70. The second-order valence-electron chi connectivity index (χ2n) is 1.97. The van der Waals surface area contributed by atoms with E-state index in [1.54, 1.807) is 13.8 Å². The summed E-state index contributed by atoms with van der Waals surface area (Å²) in [6.45, 7) is 3.85. The molecule has 4 N–H and O–H groups in total. The fraction of sp³-hybridized carbons (Fsp3) is 0.667. The van der Waals surface area contributed by atoms with Gasteiger partial charge in [-0.15, -0.1) is 0 Å². The zero-order valence-electron chi connectivity index (χ0n) is 6.70. The van der Waals surface area contributed by atoms with Crippen LogP contribution < -0.4 is 11.5 Å². The molecule has 0 spiro atoms. The second-order valence-corrected chi connectivity index (χ2v) is 1.97. The van der Waals surface area contributed by atoms with Gasteiger partial charge in [-0.3, -0.25) is 4.79 Å². The normalized spacial score (nSPS) is 12.2. The van der Waals surface area contributed by atoms with E-state index in [0.29, 0.717) is 6.61 Å². The zero-order chi connectivity index (χ0) is 8.85. The number of hydrogen-bond donors (Lipinski definition) is 2. The molecule has 0 fully saturated rings. The SMILES string of the molecule is CCOC(C)C(=O)N=C(N)N. The van der Waals surface area contributed by atoms with Crippen LogP contribution in [-0.2, 0) is 9.53 Å². The van der Waals surface area contributed by atoms with Gasteiger partial charge in [-0.05, 0) is 13.8 Å². The first-order chi connectivity index (χ1) is 5.07. The van der Waals surface area contributed by atoms with Gasteiger partial charge in [-0.25, -0.2) is 0 Å². The molecule has 64 valence electrons. The molecule has 0 rings (SSSR count). The molecule has 0 bridgehead atoms. The Balaban J connectivity index is 3.93. The van der Waals surface area contributed by atoms with Crippen LogP contribution in [0.1, 0.15) is 13.8 Å². The van der Waals surface area contributed by atoms with Crippen molar-refractivity contribution in [3.8, 4) is 0 Å². The van der Waals surface area contributed by atoms with Crippen molar-refractivity contribution in [3.05, 3.63) is 0 Å². The molecule has 0 aromatic heterocycles. The lowest BCUT2D eigenvalue weighted by Gasteiger charge is -2.05. The average molecular weight is 159 g/mol. The van der Waals surface area contributed by atoms with Gasteiger partial charge in [0, 0.05) is 6.61 Å². The van der Waals surface area contributed by atoms with Crippen LogP contribution in [0.25, 0.3) is 0 Å². The Morgan fingerprint density at radius 1 is 1.64 bits per heavy atom. The van der Waals surface area contributed by atoms with Crippen molar-refractivity contribution in [2.24, 2.45) is 16.5 Å². The van der Waals surface area contributed by atoms with Crippen LogP contribution in [-0.4, -0.2) is 24.6 Å². The maximum absolute atomic E-state index is 10.9. The largest absolute Gasteiger partial charge is 0.370 e. The van der Waals surface area contributed by atoms with Gasteiger partial charge < -0.3 is 16.2 Å². The highest BCUT2D eigenvalue weighted by molar-refractivity contribution is 5.93. The summed E-state index contributed by atoms with van der Waals surface area (Å²) in [6.07, 6.45) is -0.568. The Morgan fingerprint density at radius 3 is 2.55 bits per heavy atom. The Hall–Kier alpha value is -1.10. The van der Waals surface area contributed by atoms with Crippen molar-refractivity contribution < 1.29 is 9.53 Å². The molecule has 0 aliphatic heterocycles. The van der Waals surface area contributed by atoms with Crippen LogP contribution in [0.3, 0.4) is 0 Å². The summed E-state index contributed by atoms with van der Waals surface area (Å²) >= 11 is 0. The maximum atomic E-state index is 10.9. The van der Waals surface area contributed by atoms with Crippen LogP contribution in [0.5, 0.6) is 0 Å². The lowest BCUT2D eigenvalue weighted by molar-refractivity contribution is -0.127. The standard InChI is InChI=1S/C6H13N3O2/c1-3-11-4(2)5(10)9-6(7)8/h4H,3H2,1-2H3,(H4,7,8,9,10). The number of carbonyl (C=O) groups is 1. The number of amides is 1. The molecule has 0 heterocycles. The Morgan fingerprint density at radius 2 is 2.18 bits per heavy atom. The number of aliphatic imine (C=N–C) groups is 1. The fourth-order valence-electron chi connectivity index (χ4n) is 0.539. The molecular weight excluding hydrogens is 146 g/mol. The molecule has 0 radical (unpaired) electrons. The van der Waals surface area contributed by atoms with Crippen molar-refractivity contribution in [3.63, 3.8) is 0 Å². The number of hydrogen-bond acceptors (Lipinski definition) is 2. The van der Waals surface area contributed by atoms with Crippen LogP contribution in [0, 0.1) is 0 Å². The first-order valence-electron chi connectivity index (χ1n) is 3.33. The first kappa shape index (κ1) is 9.90. The summed E-state index contributed by atoms with van der Waals surface area (Å²) in [5.74, 6) is -0.687. The van der Waals surface area contributed by atoms with Crippen molar-refractivity contribution in [2.45, 2.75) is 20.0 Å². The van der Waals surface area contributed by atoms with Crippen molar-refractivity contribution in [2.75, 3.05) is 6.61 Å². The third kappa shape index (κ3) is 4.32. The number of nitrogens with zero attached hydrogens (tertiary/aromatic N) is 1. The van der Waals surface area contributed by atoms with Crippen LogP contribution in [0.2, 0.25) is 0 Å². The molecule has 0 saturated heterocycles. The number of guanidine groups is 1. The molecule has 1 amide bonds. The minimum absolute atomic E-state index is 0.235. The van der Waals surface area contributed by atoms with Gasteiger partial charge in [0.15, 0.2) is 5.96 Å². The monoisotopic (exact) mass is 159 g/mol. The van der Waals surface area contributed by atoms with Crippen molar-refractivity contribution >= 4 is 11.9 Å². The van der Waals surface area contributed by atoms with E-state index in [4.69, 9.17) is 16.2 Å². The maximum Gasteiger partial charge on any atom is 0.277 e. The molecular formula is C6H13N3O2. The van der Waals surface area contributed by atoms with E-state index in [1.165, 1.54) is 0 Å². The highest BCUT2D eigenvalue weighted by Gasteiger charge is 2.10. The predicted molar refractivity (Wildman–Crippen MR) is 41.9 cm³/mol. The third-order valence-electron chi connectivity index (χ3n) is 1.00. The quantitative estimate of drug-likeness (QED) is 0.417. The highest BCUT2D eigenvalue weighted by atomic mass is 16.5. The number of ether oxygens (including phenoxy) is 1. The van der Waals surface area contributed by atoms with Crippen LogP contribution >= 0.6 is 0 Å². The number of nitrogens with two attached hydrogens (primary N) is 2. The minimum atomic E-state index is -0.568. The van der Waals surface area contributed by atoms with E-state index < -0.39 is 12.0 Å². The molecule has 0 saturated carbocycles. The van der Waals surface area contributed by atoms with E-state index >= 15 is 0 Å². The summed E-state index contributed by atoms with van der Waals surface area (Å²) in [5, 5.41) is 0. The van der Waals surface area contributed by atoms with E-state index in [9.17, 15) is 4.79 Å². The summed E-state index contributed by atoms with van der Waals surface area (Å²) in [6, 6.07) is 0. The molecule has 0 aromatic carbocycles. The van der Waals surface area contributed by atoms with E-state index in [2.05, 4.69) is 4.99 Å². The van der Waals surface area contributed by atoms with Crippen LogP contribution in [0.15, 0.2) is 4.99 Å². The van der Waals surface area contributed by atoms with Gasteiger partial charge in [0.2, 0.25) is 0 Å². The summed E-state index contributed by atoms with van der Waals surface area (Å²) in [5.41, 5.74) is 9.96. The molecule has 0 aliphatic rings. The smallest absolute Gasteiger partial charge is 0.277 e. The van der Waals surface area contributed by atoms with E-state index in [-0.39, 0.29) is 5.96 Å². The van der Waals surface area contributed by atoms with Crippen molar-refractivity contribution in [1.29, 1.82) is 0 Å². The molecule has 5 nitrogen and oxygen atoms in total. The Kier molecular flexibility index (Phi) is 4.21. The molecule has 11 heavy (non-hydrogen) atoms. The number of carbonyl (C=O) groups excluding carboxylic acids is 1. The first-order valence-corrected chi connectivity index (χ1v) is 3.33. The van der Waals surface area contributed by atoms with Gasteiger partial charge in [-0.2, -0.15) is 4.99 Å². The highest BCUT2D eigenvalue weighted by Crippen LogP contribution is 1.92. The van der Waals surface area contributed by atoms with Gasteiger partial charge in [0.25, 0.3) is 5.91 Å². The summed E-state index contributed by atoms with van der Waals surface area (Å²) in [4.78, 5) is 14.2. The Bertz CT molecular complexity index is 163.